The molecule has 1 N–H and O–H groups in total. The van der Waals surface area contributed by atoms with E-state index in [9.17, 15) is 9.59 Å². The van der Waals surface area contributed by atoms with Gasteiger partial charge in [0.25, 0.3) is 0 Å². The van der Waals surface area contributed by atoms with Crippen LogP contribution in [0.25, 0.3) is 0 Å². The number of nitrogens with zero attached hydrogens (tertiary/aromatic N) is 1. The fourth-order valence-corrected chi connectivity index (χ4v) is 3.38. The number of piperidine rings is 1. The van der Waals surface area contributed by atoms with Crippen molar-refractivity contribution in [3.05, 3.63) is 21.3 Å². The maximum Gasteiger partial charge on any atom is 0.320 e. The Bertz CT molecular complexity index is 474. The van der Waals surface area contributed by atoms with E-state index in [1.807, 2.05) is 4.90 Å². The first-order chi connectivity index (χ1) is 9.08. The molecule has 1 unspecified atom stereocenters. The lowest BCUT2D eigenvalue weighted by atomic mass is 10.0. The minimum absolute atomic E-state index is 0.0339. The summed E-state index contributed by atoms with van der Waals surface area (Å²) < 4.78 is 0.602. The van der Waals surface area contributed by atoms with Gasteiger partial charge in [-0.05, 0) is 31.5 Å². The second-order valence-electron chi connectivity index (χ2n) is 4.66. The summed E-state index contributed by atoms with van der Waals surface area (Å²) in [5.41, 5.74) is 0. The Balaban J connectivity index is 1.90. The molecule has 0 aromatic carbocycles. The Labute approximate surface area is 121 Å². The number of thiophene rings is 1. The van der Waals surface area contributed by atoms with Crippen LogP contribution in [0.1, 0.15) is 35.4 Å². The average Bonchev–Trinajstić information content (AvgIpc) is 2.83. The van der Waals surface area contributed by atoms with Gasteiger partial charge in [-0.2, -0.15) is 0 Å². The predicted octanol–water partition coefficient (Wildman–Crippen LogP) is 2.91. The van der Waals surface area contributed by atoms with Crippen LogP contribution < -0.4 is 0 Å². The van der Waals surface area contributed by atoms with Crippen molar-refractivity contribution in [3.8, 4) is 0 Å². The summed E-state index contributed by atoms with van der Waals surface area (Å²) in [6.45, 7) is 1.26. The van der Waals surface area contributed by atoms with E-state index < -0.39 is 12.0 Å². The second-order valence-corrected chi connectivity index (χ2v) is 6.38. The minimum atomic E-state index is -0.786. The maximum atomic E-state index is 12.0. The Morgan fingerprint density at radius 2 is 2.21 bits per heavy atom. The van der Waals surface area contributed by atoms with E-state index in [4.69, 9.17) is 16.7 Å². The number of halogens is 1. The van der Waals surface area contributed by atoms with E-state index >= 15 is 0 Å². The van der Waals surface area contributed by atoms with Gasteiger partial charge in [0.05, 0.1) is 9.21 Å². The van der Waals surface area contributed by atoms with Gasteiger partial charge >= 0.3 is 5.97 Å². The molecule has 1 aliphatic heterocycles. The van der Waals surface area contributed by atoms with Crippen molar-refractivity contribution < 1.29 is 14.7 Å². The van der Waals surface area contributed by atoms with Crippen molar-refractivity contribution >= 4 is 34.7 Å². The van der Waals surface area contributed by atoms with Crippen LogP contribution in [0.3, 0.4) is 0 Å². The predicted molar refractivity (Wildman–Crippen MR) is 75.1 cm³/mol. The number of Topliss-reactive ketones (excluding diaryl/α,β-unsaturated/α-hetero) is 1. The van der Waals surface area contributed by atoms with Gasteiger partial charge in [0, 0.05) is 13.0 Å². The van der Waals surface area contributed by atoms with Crippen LogP contribution in [-0.4, -0.2) is 40.9 Å². The summed E-state index contributed by atoms with van der Waals surface area (Å²) in [4.78, 5) is 25.6. The van der Waals surface area contributed by atoms with Crippen molar-refractivity contribution in [2.24, 2.45) is 0 Å². The number of carbonyl (C=O) groups is 2. The number of hydrogen-bond acceptors (Lipinski definition) is 4. The molecule has 1 aromatic rings. The van der Waals surface area contributed by atoms with Crippen molar-refractivity contribution in [1.82, 2.24) is 4.90 Å². The largest absolute Gasteiger partial charge is 0.480 e. The molecule has 0 radical (unpaired) electrons. The van der Waals surface area contributed by atoms with Crippen LogP contribution in [-0.2, 0) is 4.79 Å². The van der Waals surface area contributed by atoms with Gasteiger partial charge in [0.2, 0.25) is 0 Å². The number of hydrogen-bond donors (Lipinski definition) is 1. The molecule has 4 nitrogen and oxygen atoms in total. The van der Waals surface area contributed by atoms with E-state index in [0.29, 0.717) is 28.6 Å². The lowest BCUT2D eigenvalue weighted by molar-refractivity contribution is -0.144. The average molecular weight is 302 g/mol. The lowest BCUT2D eigenvalue weighted by Gasteiger charge is -2.32. The van der Waals surface area contributed by atoms with Crippen LogP contribution in [0.4, 0.5) is 0 Å². The third kappa shape index (κ3) is 3.78. The number of aliphatic carboxylic acids is 1. The fraction of sp³-hybridized carbons (Fsp3) is 0.538. The van der Waals surface area contributed by atoms with Crippen LogP contribution in [0.5, 0.6) is 0 Å². The van der Waals surface area contributed by atoms with Gasteiger partial charge in [-0.15, -0.1) is 11.3 Å². The quantitative estimate of drug-likeness (QED) is 0.850. The summed E-state index contributed by atoms with van der Waals surface area (Å²) in [5.74, 6) is -0.752. The molecule has 1 saturated heterocycles. The molecule has 2 rings (SSSR count). The third-order valence-corrected chi connectivity index (χ3v) is 4.65. The summed E-state index contributed by atoms with van der Waals surface area (Å²) >= 11 is 7.07. The van der Waals surface area contributed by atoms with Crippen molar-refractivity contribution in [1.29, 1.82) is 0 Å². The number of rotatable bonds is 5. The molecule has 19 heavy (non-hydrogen) atoms. The summed E-state index contributed by atoms with van der Waals surface area (Å²) in [5, 5.41) is 9.15. The SMILES string of the molecule is O=C(CCN1CCCCC1C(=O)O)c1ccc(Cl)s1. The number of carboxylic acids is 1. The van der Waals surface area contributed by atoms with E-state index in [0.717, 1.165) is 19.4 Å². The van der Waals surface area contributed by atoms with Crippen molar-refractivity contribution in [2.75, 3.05) is 13.1 Å². The molecule has 0 aliphatic carbocycles. The molecule has 0 amide bonds. The Kier molecular flexibility index (Phi) is 4.96. The zero-order valence-corrected chi connectivity index (χ0v) is 12.0. The minimum Gasteiger partial charge on any atom is -0.480 e. The van der Waals surface area contributed by atoms with Crippen molar-refractivity contribution in [3.63, 3.8) is 0 Å². The first-order valence-electron chi connectivity index (χ1n) is 6.33. The monoisotopic (exact) mass is 301 g/mol. The summed E-state index contributed by atoms with van der Waals surface area (Å²) in [7, 11) is 0. The molecule has 0 saturated carbocycles. The molecule has 104 valence electrons. The Morgan fingerprint density at radius 1 is 1.42 bits per heavy atom. The van der Waals surface area contributed by atoms with Gasteiger partial charge in [0.1, 0.15) is 6.04 Å². The first-order valence-corrected chi connectivity index (χ1v) is 7.53. The van der Waals surface area contributed by atoms with E-state index in [2.05, 4.69) is 0 Å². The Morgan fingerprint density at radius 3 is 2.84 bits per heavy atom. The van der Waals surface area contributed by atoms with Crippen LogP contribution in [0, 0.1) is 0 Å². The molecule has 1 aliphatic rings. The molecular formula is C13H16ClNO3S. The molecule has 1 atom stereocenters. The van der Waals surface area contributed by atoms with Gasteiger partial charge < -0.3 is 5.11 Å². The van der Waals surface area contributed by atoms with E-state index in [-0.39, 0.29) is 5.78 Å². The summed E-state index contributed by atoms with van der Waals surface area (Å²) in [6.07, 6.45) is 2.97. The topological polar surface area (TPSA) is 57.6 Å². The molecule has 6 heteroatoms. The molecule has 1 aromatic heterocycles. The highest BCUT2D eigenvalue weighted by Gasteiger charge is 2.28. The van der Waals surface area contributed by atoms with Crippen LogP contribution in [0.15, 0.2) is 12.1 Å². The van der Waals surface area contributed by atoms with Gasteiger partial charge in [-0.1, -0.05) is 18.0 Å². The van der Waals surface area contributed by atoms with Crippen molar-refractivity contribution in [2.45, 2.75) is 31.7 Å². The first kappa shape index (κ1) is 14.5. The van der Waals surface area contributed by atoms with Gasteiger partial charge in [-0.25, -0.2) is 0 Å². The zero-order chi connectivity index (χ0) is 13.8. The van der Waals surface area contributed by atoms with E-state index in [1.54, 1.807) is 12.1 Å². The highest BCUT2D eigenvalue weighted by Crippen LogP contribution is 2.23. The Hall–Kier alpha value is -0.910. The van der Waals surface area contributed by atoms with Gasteiger partial charge in [0.15, 0.2) is 5.78 Å². The number of carbonyl (C=O) groups excluding carboxylic acids is 1. The number of ketones is 1. The highest BCUT2D eigenvalue weighted by molar-refractivity contribution is 7.18. The lowest BCUT2D eigenvalue weighted by Crippen LogP contribution is -2.45. The number of carboxylic acid groups (broad SMARTS) is 1. The normalized spacial score (nSPS) is 20.4. The van der Waals surface area contributed by atoms with Crippen LogP contribution >= 0.6 is 22.9 Å². The second kappa shape index (κ2) is 6.50. The van der Waals surface area contributed by atoms with Gasteiger partial charge in [-0.3, -0.25) is 14.5 Å². The highest BCUT2D eigenvalue weighted by atomic mass is 35.5. The zero-order valence-electron chi connectivity index (χ0n) is 10.5. The number of likely N-dealkylation sites (tertiary alicyclic amines) is 1. The molecule has 0 spiro atoms. The fourth-order valence-electron chi connectivity index (χ4n) is 2.37. The standard InChI is InChI=1S/C13H16ClNO3S/c14-12-5-4-11(19-12)10(16)6-8-15-7-2-1-3-9(15)13(17)18/h4-5,9H,1-3,6-8H2,(H,17,18). The van der Waals surface area contributed by atoms with E-state index in [1.165, 1.54) is 11.3 Å². The molecule has 0 bridgehead atoms. The van der Waals surface area contributed by atoms with Crippen LogP contribution in [0.2, 0.25) is 4.34 Å². The summed E-state index contributed by atoms with van der Waals surface area (Å²) in [6, 6.07) is 2.99. The molecular weight excluding hydrogens is 286 g/mol. The smallest absolute Gasteiger partial charge is 0.320 e. The maximum absolute atomic E-state index is 12.0. The molecule has 1 fully saturated rings. The third-order valence-electron chi connectivity index (χ3n) is 3.37. The molecule has 2 heterocycles.